The van der Waals surface area contributed by atoms with Crippen LogP contribution in [0.25, 0.3) is 11.0 Å². The summed E-state index contributed by atoms with van der Waals surface area (Å²) in [5, 5.41) is 0. The van der Waals surface area contributed by atoms with Gasteiger partial charge >= 0.3 is 0 Å². The lowest BCUT2D eigenvalue weighted by atomic mass is 10.1. The molecule has 1 N–H and O–H groups in total. The fourth-order valence-electron chi connectivity index (χ4n) is 1.07. The molecule has 1 heterocycles. The summed E-state index contributed by atoms with van der Waals surface area (Å²) in [5.41, 5.74) is 2.06. The molecular weight excluding hydrogens is 226 g/mol. The van der Waals surface area contributed by atoms with E-state index < -0.39 is 0 Å². The highest BCUT2D eigenvalue weighted by atomic mass is 32.2. The largest absolute Gasteiger partial charge is 0.255 e. The Hall–Kier alpha value is -0.650. The number of hydrogen-bond acceptors (Lipinski definition) is 5. The van der Waals surface area contributed by atoms with Crippen LogP contribution in [0.15, 0.2) is 23.1 Å². The molecule has 2 rings (SSSR count). The lowest BCUT2D eigenvalue weighted by Crippen LogP contribution is -2.29. The molecule has 0 spiro atoms. The summed E-state index contributed by atoms with van der Waals surface area (Å²) in [7, 11) is 0. The number of nitrogens with one attached hydrogen (secondary N) is 1. The van der Waals surface area contributed by atoms with Crippen molar-refractivity contribution in [3.05, 3.63) is 18.2 Å². The average molecular weight is 239 g/mol. The summed E-state index contributed by atoms with van der Waals surface area (Å²) in [4.78, 5) is 1.14. The standard InChI is InChI=1S/C10H13N3S2/c1-10(2,3)13-14-8-6-4-5-7-9(8)12-15-11-7/h4-6,13H,1-3H3. The van der Waals surface area contributed by atoms with Gasteiger partial charge in [0, 0.05) is 5.54 Å². The molecule has 0 fully saturated rings. The quantitative estimate of drug-likeness (QED) is 0.817. The van der Waals surface area contributed by atoms with E-state index in [4.69, 9.17) is 0 Å². The van der Waals surface area contributed by atoms with Gasteiger partial charge < -0.3 is 0 Å². The molecule has 0 radical (unpaired) electrons. The first kappa shape index (κ1) is 10.9. The molecule has 0 saturated carbocycles. The van der Waals surface area contributed by atoms with Crippen LogP contribution in [0.5, 0.6) is 0 Å². The molecule has 15 heavy (non-hydrogen) atoms. The Kier molecular flexibility index (Phi) is 2.95. The van der Waals surface area contributed by atoms with Crippen LogP contribution in [0, 0.1) is 0 Å². The maximum Gasteiger partial charge on any atom is 0.119 e. The minimum Gasteiger partial charge on any atom is -0.255 e. The zero-order valence-corrected chi connectivity index (χ0v) is 10.6. The van der Waals surface area contributed by atoms with E-state index in [-0.39, 0.29) is 5.54 Å². The maximum absolute atomic E-state index is 4.29. The highest BCUT2D eigenvalue weighted by molar-refractivity contribution is 7.97. The van der Waals surface area contributed by atoms with Crippen molar-refractivity contribution >= 4 is 34.7 Å². The Bertz CT molecular complexity index is 459. The second-order valence-electron chi connectivity index (χ2n) is 4.34. The molecule has 2 aromatic rings. The van der Waals surface area contributed by atoms with E-state index in [1.807, 2.05) is 12.1 Å². The molecule has 0 unspecified atom stereocenters. The molecule has 0 atom stereocenters. The predicted molar refractivity (Wildman–Crippen MR) is 66.2 cm³/mol. The van der Waals surface area contributed by atoms with E-state index >= 15 is 0 Å². The number of nitrogens with zero attached hydrogens (tertiary/aromatic N) is 2. The summed E-state index contributed by atoms with van der Waals surface area (Å²) < 4.78 is 11.9. The highest BCUT2D eigenvalue weighted by Gasteiger charge is 2.11. The Morgan fingerprint density at radius 1 is 1.27 bits per heavy atom. The molecule has 0 bridgehead atoms. The molecular formula is C10H13N3S2. The van der Waals surface area contributed by atoms with Gasteiger partial charge in [0.15, 0.2) is 0 Å². The summed E-state index contributed by atoms with van der Waals surface area (Å²) in [5.74, 6) is 0. The third kappa shape index (κ3) is 2.68. The zero-order valence-electron chi connectivity index (χ0n) is 8.94. The third-order valence-corrected chi connectivity index (χ3v) is 3.52. The monoisotopic (exact) mass is 239 g/mol. The van der Waals surface area contributed by atoms with Crippen molar-refractivity contribution in [2.24, 2.45) is 0 Å². The van der Waals surface area contributed by atoms with E-state index in [0.29, 0.717) is 0 Å². The Labute approximate surface area is 97.7 Å². The van der Waals surface area contributed by atoms with E-state index in [0.717, 1.165) is 15.9 Å². The van der Waals surface area contributed by atoms with Crippen molar-refractivity contribution in [2.45, 2.75) is 31.2 Å². The molecule has 0 aliphatic heterocycles. The van der Waals surface area contributed by atoms with Gasteiger partial charge in [-0.3, -0.25) is 4.72 Å². The molecule has 80 valence electrons. The molecule has 0 amide bonds. The summed E-state index contributed by atoms with van der Waals surface area (Å²) >= 11 is 2.87. The van der Waals surface area contributed by atoms with Crippen molar-refractivity contribution in [2.75, 3.05) is 0 Å². The third-order valence-electron chi connectivity index (χ3n) is 1.72. The fraction of sp³-hybridized carbons (Fsp3) is 0.400. The predicted octanol–water partition coefficient (Wildman–Crippen LogP) is 3.09. The number of rotatable bonds is 2. The topological polar surface area (TPSA) is 37.8 Å². The second-order valence-corrected chi connectivity index (χ2v) is 5.72. The average Bonchev–Trinajstić information content (AvgIpc) is 2.61. The summed E-state index contributed by atoms with van der Waals surface area (Å²) in [6, 6.07) is 6.06. The molecule has 5 heteroatoms. The lowest BCUT2D eigenvalue weighted by Gasteiger charge is -2.19. The van der Waals surface area contributed by atoms with E-state index in [9.17, 15) is 0 Å². The van der Waals surface area contributed by atoms with E-state index in [2.05, 4.69) is 40.3 Å². The van der Waals surface area contributed by atoms with Crippen LogP contribution < -0.4 is 4.72 Å². The highest BCUT2D eigenvalue weighted by Crippen LogP contribution is 2.25. The van der Waals surface area contributed by atoms with Crippen molar-refractivity contribution in [3.8, 4) is 0 Å². The van der Waals surface area contributed by atoms with Crippen LogP contribution >= 0.6 is 23.7 Å². The van der Waals surface area contributed by atoms with Gasteiger partial charge in [0.25, 0.3) is 0 Å². The first-order valence-electron chi connectivity index (χ1n) is 4.71. The van der Waals surface area contributed by atoms with Crippen LogP contribution in [-0.4, -0.2) is 14.3 Å². The van der Waals surface area contributed by atoms with Crippen LogP contribution in [-0.2, 0) is 0 Å². The number of fused-ring (bicyclic) bond motifs is 1. The fourth-order valence-corrected chi connectivity index (χ4v) is 2.49. The van der Waals surface area contributed by atoms with Gasteiger partial charge in [0.2, 0.25) is 0 Å². The van der Waals surface area contributed by atoms with Crippen molar-refractivity contribution in [3.63, 3.8) is 0 Å². The number of benzene rings is 1. The van der Waals surface area contributed by atoms with Gasteiger partial charge in [0.05, 0.1) is 16.6 Å². The van der Waals surface area contributed by atoms with Crippen molar-refractivity contribution < 1.29 is 0 Å². The van der Waals surface area contributed by atoms with Gasteiger partial charge in [-0.25, -0.2) is 0 Å². The maximum atomic E-state index is 4.29. The first-order chi connectivity index (χ1) is 7.06. The Morgan fingerprint density at radius 3 is 2.80 bits per heavy atom. The summed E-state index contributed by atoms with van der Waals surface area (Å²) in [6.07, 6.45) is 0. The minimum absolute atomic E-state index is 0.0935. The van der Waals surface area contributed by atoms with E-state index in [1.54, 1.807) is 11.9 Å². The van der Waals surface area contributed by atoms with Gasteiger partial charge in [-0.05, 0) is 44.9 Å². The van der Waals surface area contributed by atoms with E-state index in [1.165, 1.54) is 11.7 Å². The SMILES string of the molecule is CC(C)(C)NSc1cccc2nsnc12. The smallest absolute Gasteiger partial charge is 0.119 e. The van der Waals surface area contributed by atoms with Gasteiger partial charge in [-0.2, -0.15) is 8.75 Å². The van der Waals surface area contributed by atoms with Gasteiger partial charge in [-0.1, -0.05) is 6.07 Å². The lowest BCUT2D eigenvalue weighted by molar-refractivity contribution is 0.535. The molecule has 0 aliphatic rings. The van der Waals surface area contributed by atoms with Crippen molar-refractivity contribution in [1.29, 1.82) is 0 Å². The molecule has 0 saturated heterocycles. The normalized spacial score (nSPS) is 12.2. The Balaban J connectivity index is 2.24. The minimum atomic E-state index is 0.0935. The molecule has 1 aromatic carbocycles. The second kappa shape index (κ2) is 4.08. The zero-order chi connectivity index (χ0) is 10.9. The number of hydrogen-bond donors (Lipinski definition) is 1. The number of aromatic nitrogens is 2. The molecule has 3 nitrogen and oxygen atoms in total. The van der Waals surface area contributed by atoms with Gasteiger partial charge in [0.1, 0.15) is 11.0 Å². The van der Waals surface area contributed by atoms with Crippen LogP contribution in [0.1, 0.15) is 20.8 Å². The Morgan fingerprint density at radius 2 is 2.07 bits per heavy atom. The van der Waals surface area contributed by atoms with Crippen molar-refractivity contribution in [1.82, 2.24) is 13.5 Å². The van der Waals surface area contributed by atoms with Crippen LogP contribution in [0.4, 0.5) is 0 Å². The first-order valence-corrected chi connectivity index (χ1v) is 6.26. The summed E-state index contributed by atoms with van der Waals surface area (Å²) in [6.45, 7) is 6.41. The molecule has 1 aromatic heterocycles. The van der Waals surface area contributed by atoms with Crippen LogP contribution in [0.3, 0.4) is 0 Å². The molecule has 0 aliphatic carbocycles. The van der Waals surface area contributed by atoms with Crippen LogP contribution in [0.2, 0.25) is 0 Å². The van der Waals surface area contributed by atoms with Gasteiger partial charge in [-0.15, -0.1) is 0 Å².